The lowest BCUT2D eigenvalue weighted by Gasteiger charge is -2.04. The molecule has 0 radical (unpaired) electrons. The monoisotopic (exact) mass is 357 g/mol. The van der Waals surface area contributed by atoms with Crippen molar-refractivity contribution in [1.29, 1.82) is 0 Å². The zero-order valence-corrected chi connectivity index (χ0v) is 14.5. The summed E-state index contributed by atoms with van der Waals surface area (Å²) in [5, 5.41) is 2.02. The molecule has 0 unspecified atom stereocenters. The molecule has 1 aliphatic rings. The fraction of sp³-hybridized carbons (Fsp3) is 0.0455. The summed E-state index contributed by atoms with van der Waals surface area (Å²) >= 11 is 0. The summed E-state index contributed by atoms with van der Waals surface area (Å²) in [5.41, 5.74) is 1.74. The maximum atomic E-state index is 12.2. The number of nitrogens with zero attached hydrogens (tertiary/aromatic N) is 1. The van der Waals surface area contributed by atoms with Gasteiger partial charge in [0, 0.05) is 12.5 Å². The van der Waals surface area contributed by atoms with Gasteiger partial charge in [0.05, 0.1) is 0 Å². The first kappa shape index (κ1) is 16.7. The normalized spacial score (nSPS) is 14.9. The Morgan fingerprint density at radius 3 is 2.52 bits per heavy atom. The predicted octanol–water partition coefficient (Wildman–Crippen LogP) is 4.11. The van der Waals surface area contributed by atoms with Crippen LogP contribution in [0.2, 0.25) is 0 Å². The van der Waals surface area contributed by atoms with Gasteiger partial charge in [0.2, 0.25) is 5.90 Å². The number of aliphatic imine (C=N–C) groups is 1. The lowest BCUT2D eigenvalue weighted by Crippen LogP contribution is -2.05. The van der Waals surface area contributed by atoms with E-state index in [1.54, 1.807) is 30.3 Å². The molecule has 0 aliphatic carbocycles. The van der Waals surface area contributed by atoms with Gasteiger partial charge >= 0.3 is 11.9 Å². The average molecular weight is 357 g/mol. The number of fused-ring (bicyclic) bond motifs is 1. The molecule has 3 aromatic rings. The second-order valence-electron chi connectivity index (χ2n) is 6.03. The van der Waals surface area contributed by atoms with Crippen molar-refractivity contribution in [3.05, 3.63) is 83.6 Å². The average Bonchev–Trinajstić information content (AvgIpc) is 3.03. The molecule has 0 bridgehead atoms. The molecule has 0 fully saturated rings. The first-order chi connectivity index (χ1) is 13.1. The molecule has 0 saturated heterocycles. The van der Waals surface area contributed by atoms with Crippen LogP contribution < -0.4 is 4.74 Å². The van der Waals surface area contributed by atoms with Gasteiger partial charge in [-0.15, -0.1) is 0 Å². The van der Waals surface area contributed by atoms with E-state index in [4.69, 9.17) is 9.47 Å². The van der Waals surface area contributed by atoms with Crippen molar-refractivity contribution in [1.82, 2.24) is 0 Å². The van der Waals surface area contributed by atoms with Crippen LogP contribution in [-0.4, -0.2) is 17.8 Å². The first-order valence-corrected chi connectivity index (χ1v) is 8.39. The van der Waals surface area contributed by atoms with Crippen LogP contribution in [0.25, 0.3) is 16.8 Å². The molecule has 5 nitrogen and oxygen atoms in total. The smallest absolute Gasteiger partial charge is 0.363 e. The van der Waals surface area contributed by atoms with E-state index in [1.165, 1.54) is 6.92 Å². The minimum absolute atomic E-state index is 0.221. The zero-order valence-electron chi connectivity index (χ0n) is 14.5. The van der Waals surface area contributed by atoms with Crippen molar-refractivity contribution in [2.24, 2.45) is 4.99 Å². The van der Waals surface area contributed by atoms with Crippen LogP contribution in [-0.2, 0) is 14.3 Å². The number of carbonyl (C=O) groups excluding carboxylic acids is 2. The third-order valence-corrected chi connectivity index (χ3v) is 4.09. The number of hydrogen-bond acceptors (Lipinski definition) is 5. The predicted molar refractivity (Wildman–Crippen MR) is 102 cm³/mol. The first-order valence-electron chi connectivity index (χ1n) is 8.39. The van der Waals surface area contributed by atoms with Gasteiger partial charge < -0.3 is 9.47 Å². The van der Waals surface area contributed by atoms with Gasteiger partial charge in [-0.1, -0.05) is 48.5 Å². The largest absolute Gasteiger partial charge is 0.427 e. The van der Waals surface area contributed by atoms with E-state index in [2.05, 4.69) is 4.99 Å². The second kappa shape index (κ2) is 6.88. The summed E-state index contributed by atoms with van der Waals surface area (Å²) in [4.78, 5) is 27.6. The minimum Gasteiger partial charge on any atom is -0.427 e. The van der Waals surface area contributed by atoms with Gasteiger partial charge in [-0.2, -0.15) is 0 Å². The van der Waals surface area contributed by atoms with Crippen LogP contribution in [0.4, 0.5) is 0 Å². The van der Waals surface area contributed by atoms with Crippen molar-refractivity contribution in [3.8, 4) is 5.75 Å². The number of esters is 2. The molecule has 27 heavy (non-hydrogen) atoms. The summed E-state index contributed by atoms with van der Waals surface area (Å²) in [6, 6.07) is 20.4. The van der Waals surface area contributed by atoms with Crippen LogP contribution in [0, 0.1) is 0 Å². The number of rotatable bonds is 3. The number of benzene rings is 3. The Bertz CT molecular complexity index is 1110. The molecular weight excluding hydrogens is 342 g/mol. The standard InChI is InChI=1S/C22H15NO4/c1-14(24)26-17-11-9-15(10-12-17)13-20-22(25)27-21(23-20)19-8-4-6-16-5-2-3-7-18(16)19/h2-13H,1H3. The third kappa shape index (κ3) is 3.48. The van der Waals surface area contributed by atoms with E-state index < -0.39 is 5.97 Å². The van der Waals surface area contributed by atoms with Crippen LogP contribution in [0.5, 0.6) is 5.75 Å². The quantitative estimate of drug-likeness (QED) is 0.402. The summed E-state index contributed by atoms with van der Waals surface area (Å²) in [6.07, 6.45) is 1.64. The Labute approximate surface area is 155 Å². The van der Waals surface area contributed by atoms with E-state index in [0.717, 1.165) is 21.9 Å². The van der Waals surface area contributed by atoms with Gasteiger partial charge in [-0.25, -0.2) is 9.79 Å². The van der Waals surface area contributed by atoms with Crippen molar-refractivity contribution < 1.29 is 19.1 Å². The van der Waals surface area contributed by atoms with E-state index in [9.17, 15) is 9.59 Å². The molecule has 4 rings (SSSR count). The van der Waals surface area contributed by atoms with Gasteiger partial charge in [0.15, 0.2) is 5.70 Å². The molecule has 3 aromatic carbocycles. The Balaban J connectivity index is 1.66. The molecule has 0 N–H and O–H groups in total. The highest BCUT2D eigenvalue weighted by Gasteiger charge is 2.25. The topological polar surface area (TPSA) is 65.0 Å². The van der Waals surface area contributed by atoms with E-state index in [-0.39, 0.29) is 11.7 Å². The second-order valence-corrected chi connectivity index (χ2v) is 6.03. The molecular formula is C22H15NO4. The molecule has 132 valence electrons. The highest BCUT2D eigenvalue weighted by atomic mass is 16.6. The molecule has 1 aliphatic heterocycles. The van der Waals surface area contributed by atoms with Gasteiger partial charge in [-0.3, -0.25) is 4.79 Å². The van der Waals surface area contributed by atoms with Gasteiger partial charge in [0.25, 0.3) is 0 Å². The summed E-state index contributed by atoms with van der Waals surface area (Å²) in [5.74, 6) is -0.148. The van der Waals surface area contributed by atoms with Crippen LogP contribution >= 0.6 is 0 Å². The van der Waals surface area contributed by atoms with Crippen LogP contribution in [0.15, 0.2) is 77.4 Å². The van der Waals surface area contributed by atoms with Crippen molar-refractivity contribution >= 4 is 34.7 Å². The van der Waals surface area contributed by atoms with E-state index in [1.807, 2.05) is 42.5 Å². The highest BCUT2D eigenvalue weighted by Crippen LogP contribution is 2.25. The van der Waals surface area contributed by atoms with Crippen molar-refractivity contribution in [2.45, 2.75) is 6.92 Å². The van der Waals surface area contributed by atoms with Gasteiger partial charge in [0.1, 0.15) is 5.75 Å². The van der Waals surface area contributed by atoms with Crippen LogP contribution in [0.1, 0.15) is 18.1 Å². The molecule has 0 amide bonds. The number of ether oxygens (including phenoxy) is 2. The summed E-state index contributed by atoms with van der Waals surface area (Å²) in [6.45, 7) is 1.34. The number of hydrogen-bond donors (Lipinski definition) is 0. The Morgan fingerprint density at radius 1 is 1.00 bits per heavy atom. The zero-order chi connectivity index (χ0) is 18.8. The third-order valence-electron chi connectivity index (χ3n) is 4.09. The highest BCUT2D eigenvalue weighted by molar-refractivity contribution is 6.17. The Kier molecular flexibility index (Phi) is 4.26. The lowest BCUT2D eigenvalue weighted by molar-refractivity contribution is -0.132. The molecule has 0 atom stereocenters. The molecule has 0 spiro atoms. The number of cyclic esters (lactones) is 1. The summed E-state index contributed by atoms with van der Waals surface area (Å²) in [7, 11) is 0. The van der Waals surface area contributed by atoms with E-state index >= 15 is 0 Å². The fourth-order valence-corrected chi connectivity index (χ4v) is 2.89. The maximum absolute atomic E-state index is 12.2. The van der Waals surface area contributed by atoms with Crippen molar-refractivity contribution in [3.63, 3.8) is 0 Å². The molecule has 0 saturated carbocycles. The van der Waals surface area contributed by atoms with Crippen molar-refractivity contribution in [2.75, 3.05) is 0 Å². The minimum atomic E-state index is -0.498. The fourth-order valence-electron chi connectivity index (χ4n) is 2.89. The maximum Gasteiger partial charge on any atom is 0.363 e. The van der Waals surface area contributed by atoms with E-state index in [0.29, 0.717) is 11.6 Å². The lowest BCUT2D eigenvalue weighted by atomic mass is 10.0. The molecule has 5 heteroatoms. The number of carbonyl (C=O) groups is 2. The Morgan fingerprint density at radius 2 is 1.74 bits per heavy atom. The van der Waals surface area contributed by atoms with Gasteiger partial charge in [-0.05, 0) is 40.6 Å². The SMILES string of the molecule is CC(=O)Oc1ccc(C=C2N=C(c3cccc4ccccc34)OC2=O)cc1. The molecule has 0 aromatic heterocycles. The van der Waals surface area contributed by atoms with Crippen LogP contribution in [0.3, 0.4) is 0 Å². The molecule has 1 heterocycles. The summed E-state index contributed by atoms with van der Waals surface area (Å²) < 4.78 is 10.4. The Hall–Kier alpha value is -3.73.